The molecule has 6 nitrogen and oxygen atoms in total. The van der Waals surface area contributed by atoms with E-state index in [-0.39, 0.29) is 35.9 Å². The Labute approximate surface area is 186 Å². The molecule has 0 radical (unpaired) electrons. The molecule has 1 saturated carbocycles. The second-order valence-electron chi connectivity index (χ2n) is 8.54. The second-order valence-corrected chi connectivity index (χ2v) is 8.54. The van der Waals surface area contributed by atoms with E-state index in [4.69, 9.17) is 5.73 Å². The van der Waals surface area contributed by atoms with Crippen LogP contribution in [-0.2, 0) is 11.3 Å². The molecule has 1 heterocycles. The van der Waals surface area contributed by atoms with Crippen molar-refractivity contribution < 1.29 is 18.4 Å². The molecule has 32 heavy (non-hydrogen) atoms. The quantitative estimate of drug-likeness (QED) is 0.716. The molecule has 2 amide bonds. The summed E-state index contributed by atoms with van der Waals surface area (Å²) >= 11 is 0. The maximum Gasteiger partial charge on any atom is 0.248 e. The molecule has 0 spiro atoms. The van der Waals surface area contributed by atoms with E-state index in [1.54, 1.807) is 17.0 Å². The van der Waals surface area contributed by atoms with Gasteiger partial charge in [0.1, 0.15) is 11.6 Å². The first kappa shape index (κ1) is 22.2. The fourth-order valence-corrected chi connectivity index (χ4v) is 4.20. The third kappa shape index (κ3) is 4.91. The molecular weight excluding hydrogens is 414 g/mol. The summed E-state index contributed by atoms with van der Waals surface area (Å²) in [5.41, 5.74) is 6.68. The number of halogens is 2. The highest BCUT2D eigenvalue weighted by molar-refractivity contribution is 5.92. The lowest BCUT2D eigenvalue weighted by Gasteiger charge is -2.40. The topological polar surface area (TPSA) is 69.9 Å². The van der Waals surface area contributed by atoms with Crippen LogP contribution in [0.2, 0.25) is 0 Å². The van der Waals surface area contributed by atoms with Crippen molar-refractivity contribution >= 4 is 17.5 Å². The predicted molar refractivity (Wildman–Crippen MR) is 118 cm³/mol. The Morgan fingerprint density at radius 3 is 2.28 bits per heavy atom. The summed E-state index contributed by atoms with van der Waals surface area (Å²) in [5, 5.41) is 0. The Hall–Kier alpha value is -3.00. The van der Waals surface area contributed by atoms with Crippen LogP contribution in [0.3, 0.4) is 0 Å². The van der Waals surface area contributed by atoms with Gasteiger partial charge >= 0.3 is 0 Å². The summed E-state index contributed by atoms with van der Waals surface area (Å²) in [6, 6.07) is 10.4. The molecule has 8 heteroatoms. The van der Waals surface area contributed by atoms with Gasteiger partial charge in [-0.3, -0.25) is 14.5 Å². The van der Waals surface area contributed by atoms with E-state index in [1.807, 2.05) is 6.92 Å². The Morgan fingerprint density at radius 1 is 1.06 bits per heavy atom. The van der Waals surface area contributed by atoms with Gasteiger partial charge in [-0.15, -0.1) is 0 Å². The van der Waals surface area contributed by atoms with Crippen molar-refractivity contribution in [1.82, 2.24) is 9.80 Å². The fraction of sp³-hybridized carbons (Fsp3) is 0.417. The van der Waals surface area contributed by atoms with Crippen LogP contribution in [0.4, 0.5) is 14.5 Å². The molecular formula is C24H28F2N4O2. The van der Waals surface area contributed by atoms with Crippen LogP contribution in [-0.4, -0.2) is 59.9 Å². The molecule has 2 aliphatic rings. The number of anilines is 1. The average molecular weight is 443 g/mol. The van der Waals surface area contributed by atoms with E-state index in [1.165, 1.54) is 24.3 Å². The molecule has 4 rings (SSSR count). The summed E-state index contributed by atoms with van der Waals surface area (Å²) in [6.45, 7) is 4.99. The molecule has 2 aromatic carbocycles. The Kier molecular flexibility index (Phi) is 6.41. The third-order valence-electron chi connectivity index (χ3n) is 6.36. The van der Waals surface area contributed by atoms with Gasteiger partial charge in [0.2, 0.25) is 11.8 Å². The van der Waals surface area contributed by atoms with Crippen molar-refractivity contribution in [2.45, 2.75) is 38.4 Å². The summed E-state index contributed by atoms with van der Waals surface area (Å²) in [5.74, 6) is -1.48. The molecule has 1 unspecified atom stereocenters. The molecule has 170 valence electrons. The van der Waals surface area contributed by atoms with E-state index in [9.17, 15) is 18.4 Å². The SMILES string of the molecule is CC(C(=O)N(Cc1ccc(C(N)=O)cc1F)C1CC1)N1CCN(c2ccc(F)cc2)CC1. The molecule has 2 fully saturated rings. The zero-order valence-electron chi connectivity index (χ0n) is 18.1. The predicted octanol–water partition coefficient (Wildman–Crippen LogP) is 2.77. The van der Waals surface area contributed by atoms with Gasteiger partial charge in [0.05, 0.1) is 6.04 Å². The highest BCUT2D eigenvalue weighted by Gasteiger charge is 2.37. The Bertz CT molecular complexity index is 986. The van der Waals surface area contributed by atoms with Crippen molar-refractivity contribution in [2.24, 2.45) is 5.73 Å². The van der Waals surface area contributed by atoms with Gasteiger partial charge in [-0.2, -0.15) is 0 Å². The van der Waals surface area contributed by atoms with E-state index in [2.05, 4.69) is 9.80 Å². The second kappa shape index (κ2) is 9.24. The molecule has 2 N–H and O–H groups in total. The number of primary amides is 1. The first-order chi connectivity index (χ1) is 15.3. The number of piperazine rings is 1. The monoisotopic (exact) mass is 442 g/mol. The van der Waals surface area contributed by atoms with Crippen LogP contribution in [0, 0.1) is 11.6 Å². The van der Waals surface area contributed by atoms with Crippen LogP contribution in [0.1, 0.15) is 35.7 Å². The van der Waals surface area contributed by atoms with Crippen LogP contribution >= 0.6 is 0 Å². The lowest BCUT2D eigenvalue weighted by molar-refractivity contribution is -0.137. The van der Waals surface area contributed by atoms with Crippen LogP contribution < -0.4 is 10.6 Å². The molecule has 0 bridgehead atoms. The van der Waals surface area contributed by atoms with E-state index < -0.39 is 11.7 Å². The number of nitrogens with two attached hydrogens (primary N) is 1. The number of benzene rings is 2. The van der Waals surface area contributed by atoms with Crippen molar-refractivity contribution in [2.75, 3.05) is 31.1 Å². The van der Waals surface area contributed by atoms with E-state index in [0.717, 1.165) is 37.7 Å². The highest BCUT2D eigenvalue weighted by Crippen LogP contribution is 2.30. The van der Waals surface area contributed by atoms with E-state index >= 15 is 0 Å². The minimum absolute atomic E-state index is 0.0129. The van der Waals surface area contributed by atoms with Crippen molar-refractivity contribution in [1.29, 1.82) is 0 Å². The highest BCUT2D eigenvalue weighted by atomic mass is 19.1. The van der Waals surface area contributed by atoms with Gasteiger partial charge in [0.25, 0.3) is 0 Å². The molecule has 0 aromatic heterocycles. The van der Waals surface area contributed by atoms with Crippen molar-refractivity contribution in [3.8, 4) is 0 Å². The minimum Gasteiger partial charge on any atom is -0.369 e. The van der Waals surface area contributed by atoms with Crippen LogP contribution in [0.15, 0.2) is 42.5 Å². The maximum absolute atomic E-state index is 14.5. The standard InChI is InChI=1S/C24H28F2N4O2/c1-16(28-10-12-29(13-11-28)20-6-4-19(25)5-7-20)24(32)30(21-8-9-21)15-18-3-2-17(23(27)31)14-22(18)26/h2-7,14,16,21H,8-13,15H2,1H3,(H2,27,31). The Balaban J connectivity index is 1.39. The molecule has 1 aliphatic heterocycles. The molecule has 1 atom stereocenters. The third-order valence-corrected chi connectivity index (χ3v) is 6.36. The summed E-state index contributed by atoms with van der Waals surface area (Å²) < 4.78 is 27.7. The number of rotatable bonds is 7. The Morgan fingerprint density at radius 2 is 1.72 bits per heavy atom. The van der Waals surface area contributed by atoms with Gasteiger partial charge in [0, 0.05) is 55.6 Å². The zero-order valence-corrected chi connectivity index (χ0v) is 18.1. The number of amides is 2. The van der Waals surface area contributed by atoms with Crippen LogP contribution in [0.25, 0.3) is 0 Å². The molecule has 1 saturated heterocycles. The van der Waals surface area contributed by atoms with Crippen LogP contribution in [0.5, 0.6) is 0 Å². The van der Waals surface area contributed by atoms with Gasteiger partial charge in [-0.05, 0) is 56.2 Å². The van der Waals surface area contributed by atoms with Gasteiger partial charge < -0.3 is 15.5 Å². The number of carbonyl (C=O) groups is 2. The van der Waals surface area contributed by atoms with Crippen molar-refractivity contribution in [3.63, 3.8) is 0 Å². The van der Waals surface area contributed by atoms with E-state index in [0.29, 0.717) is 18.7 Å². The smallest absolute Gasteiger partial charge is 0.248 e. The number of carbonyl (C=O) groups excluding carboxylic acids is 2. The maximum atomic E-state index is 14.5. The average Bonchev–Trinajstić information content (AvgIpc) is 3.63. The van der Waals surface area contributed by atoms with Gasteiger partial charge in [-0.25, -0.2) is 8.78 Å². The summed E-state index contributed by atoms with van der Waals surface area (Å²) in [7, 11) is 0. The molecule has 1 aliphatic carbocycles. The fourth-order valence-electron chi connectivity index (χ4n) is 4.20. The van der Waals surface area contributed by atoms with Crippen molar-refractivity contribution in [3.05, 3.63) is 65.2 Å². The number of hydrogen-bond donors (Lipinski definition) is 1. The minimum atomic E-state index is -0.682. The number of hydrogen-bond acceptors (Lipinski definition) is 4. The first-order valence-corrected chi connectivity index (χ1v) is 11.0. The molecule has 2 aromatic rings. The van der Waals surface area contributed by atoms with Gasteiger partial charge in [0.15, 0.2) is 0 Å². The summed E-state index contributed by atoms with van der Waals surface area (Å²) in [4.78, 5) is 30.7. The lowest BCUT2D eigenvalue weighted by atomic mass is 10.1. The summed E-state index contributed by atoms with van der Waals surface area (Å²) in [6.07, 6.45) is 1.83. The zero-order chi connectivity index (χ0) is 22.8. The lowest BCUT2D eigenvalue weighted by Crippen LogP contribution is -2.54. The number of nitrogens with zero attached hydrogens (tertiary/aromatic N) is 3. The first-order valence-electron chi connectivity index (χ1n) is 11.0. The largest absolute Gasteiger partial charge is 0.369 e. The van der Waals surface area contributed by atoms with Gasteiger partial charge in [-0.1, -0.05) is 6.07 Å². The normalized spacial score (nSPS) is 17.8.